The molecule has 1 N–H and O–H groups in total. The topological polar surface area (TPSA) is 55.8 Å². The molecule has 4 nitrogen and oxygen atoms in total. The van der Waals surface area contributed by atoms with Gasteiger partial charge in [0.25, 0.3) is 0 Å². The highest BCUT2D eigenvalue weighted by Gasteiger charge is 2.35. The zero-order valence-corrected chi connectivity index (χ0v) is 8.85. The van der Waals surface area contributed by atoms with Crippen LogP contribution in [0.25, 0.3) is 0 Å². The molecular formula is C7H11IO4. The first-order valence-electron chi connectivity index (χ1n) is 3.70. The van der Waals surface area contributed by atoms with Gasteiger partial charge in [0.15, 0.2) is 12.4 Å². The van der Waals surface area contributed by atoms with Crippen LogP contribution in [0.5, 0.6) is 0 Å². The van der Waals surface area contributed by atoms with E-state index in [1.807, 2.05) is 0 Å². The van der Waals surface area contributed by atoms with Gasteiger partial charge in [-0.3, -0.25) is 4.79 Å². The summed E-state index contributed by atoms with van der Waals surface area (Å²) in [6.45, 7) is 1.32. The van der Waals surface area contributed by atoms with E-state index in [-0.39, 0.29) is 12.1 Å². The van der Waals surface area contributed by atoms with Crippen LogP contribution in [-0.4, -0.2) is 34.0 Å². The second kappa shape index (κ2) is 4.38. The Balaban J connectivity index is 2.40. The van der Waals surface area contributed by atoms with Crippen LogP contribution >= 0.6 is 22.6 Å². The fourth-order valence-electron chi connectivity index (χ4n) is 1.13. The number of carbonyl (C=O) groups is 1. The third-order valence-corrected chi connectivity index (χ3v) is 2.62. The number of aliphatic hydroxyl groups excluding tert-OH is 1. The Labute approximate surface area is 84.4 Å². The molecule has 0 saturated carbocycles. The summed E-state index contributed by atoms with van der Waals surface area (Å²) in [5.74, 6) is -0.378. The smallest absolute Gasteiger partial charge is 0.303 e. The molecule has 0 spiro atoms. The van der Waals surface area contributed by atoms with Crippen LogP contribution in [0.3, 0.4) is 0 Å². The molecule has 0 aromatic carbocycles. The molecule has 0 aliphatic carbocycles. The molecule has 0 aromatic rings. The first-order chi connectivity index (χ1) is 5.63. The van der Waals surface area contributed by atoms with Gasteiger partial charge in [0.1, 0.15) is 0 Å². The normalized spacial score (nSPS) is 35.1. The molecule has 1 aliphatic rings. The number of halogens is 1. The van der Waals surface area contributed by atoms with Gasteiger partial charge in [0.2, 0.25) is 0 Å². The predicted molar refractivity (Wildman–Crippen MR) is 49.9 cm³/mol. The standard InChI is InChI=1S/C7H11IO4/c1-4(9)11-6-2-5(3-8)12-7(6)10/h5-7,10H,2-3H2,1H3/t5-,6-,7?/m1/s1. The highest BCUT2D eigenvalue weighted by Crippen LogP contribution is 2.22. The highest BCUT2D eigenvalue weighted by atomic mass is 127. The molecule has 1 heterocycles. The van der Waals surface area contributed by atoms with Crippen LogP contribution in [0.4, 0.5) is 0 Å². The molecule has 0 amide bonds. The third kappa shape index (κ3) is 2.56. The average Bonchev–Trinajstić information content (AvgIpc) is 2.31. The van der Waals surface area contributed by atoms with E-state index in [2.05, 4.69) is 22.6 Å². The largest absolute Gasteiger partial charge is 0.457 e. The number of aliphatic hydroxyl groups is 1. The minimum atomic E-state index is -0.950. The maximum atomic E-state index is 10.5. The Hall–Kier alpha value is 0.120. The van der Waals surface area contributed by atoms with Crippen molar-refractivity contribution in [2.45, 2.75) is 31.8 Å². The summed E-state index contributed by atoms with van der Waals surface area (Å²) in [7, 11) is 0. The van der Waals surface area contributed by atoms with Gasteiger partial charge >= 0.3 is 5.97 Å². The lowest BCUT2D eigenvalue weighted by Crippen LogP contribution is -2.25. The molecule has 12 heavy (non-hydrogen) atoms. The molecule has 1 aliphatic heterocycles. The van der Waals surface area contributed by atoms with Crippen molar-refractivity contribution in [2.24, 2.45) is 0 Å². The van der Waals surface area contributed by atoms with Crippen molar-refractivity contribution in [2.75, 3.05) is 4.43 Å². The molecule has 5 heteroatoms. The van der Waals surface area contributed by atoms with Gasteiger partial charge in [0.05, 0.1) is 6.10 Å². The quantitative estimate of drug-likeness (QED) is 0.455. The van der Waals surface area contributed by atoms with Crippen molar-refractivity contribution >= 4 is 28.6 Å². The zero-order chi connectivity index (χ0) is 9.14. The van der Waals surface area contributed by atoms with E-state index < -0.39 is 12.4 Å². The Morgan fingerprint density at radius 2 is 2.50 bits per heavy atom. The van der Waals surface area contributed by atoms with Gasteiger partial charge in [-0.2, -0.15) is 0 Å². The lowest BCUT2D eigenvalue weighted by Gasteiger charge is -2.11. The van der Waals surface area contributed by atoms with E-state index in [1.54, 1.807) is 0 Å². The number of hydrogen-bond acceptors (Lipinski definition) is 4. The first-order valence-corrected chi connectivity index (χ1v) is 5.22. The van der Waals surface area contributed by atoms with Crippen molar-refractivity contribution < 1.29 is 19.4 Å². The molecular weight excluding hydrogens is 275 g/mol. The number of rotatable bonds is 2. The third-order valence-electron chi connectivity index (χ3n) is 1.63. The fourth-order valence-corrected chi connectivity index (χ4v) is 1.70. The van der Waals surface area contributed by atoms with E-state index in [1.165, 1.54) is 6.92 Å². The van der Waals surface area contributed by atoms with Gasteiger partial charge in [0, 0.05) is 17.8 Å². The van der Waals surface area contributed by atoms with E-state index >= 15 is 0 Å². The maximum Gasteiger partial charge on any atom is 0.303 e. The first kappa shape index (κ1) is 10.2. The average molecular weight is 286 g/mol. The summed E-state index contributed by atoms with van der Waals surface area (Å²) >= 11 is 2.17. The van der Waals surface area contributed by atoms with Gasteiger partial charge in [-0.05, 0) is 0 Å². The molecule has 0 bridgehead atoms. The minimum absolute atomic E-state index is 0.00458. The molecule has 1 fully saturated rings. The van der Waals surface area contributed by atoms with Gasteiger partial charge in [-0.15, -0.1) is 0 Å². The summed E-state index contributed by atoms with van der Waals surface area (Å²) in [5, 5.41) is 9.24. The Kier molecular flexibility index (Phi) is 3.73. The van der Waals surface area contributed by atoms with Crippen LogP contribution in [0.15, 0.2) is 0 Å². The lowest BCUT2D eigenvalue weighted by molar-refractivity contribution is -0.166. The number of alkyl halides is 1. The van der Waals surface area contributed by atoms with Gasteiger partial charge in [-0.1, -0.05) is 22.6 Å². The van der Waals surface area contributed by atoms with Crippen molar-refractivity contribution in [1.29, 1.82) is 0 Å². The number of esters is 1. The van der Waals surface area contributed by atoms with Gasteiger partial charge in [-0.25, -0.2) is 0 Å². The SMILES string of the molecule is CC(=O)O[C@@H]1C[C@H](CI)OC1O. The summed E-state index contributed by atoms with van der Waals surface area (Å²) in [4.78, 5) is 10.5. The maximum absolute atomic E-state index is 10.5. The zero-order valence-electron chi connectivity index (χ0n) is 6.70. The molecule has 70 valence electrons. The highest BCUT2D eigenvalue weighted by molar-refractivity contribution is 14.1. The van der Waals surface area contributed by atoms with Crippen molar-refractivity contribution in [1.82, 2.24) is 0 Å². The summed E-state index contributed by atoms with van der Waals surface area (Å²) in [6.07, 6.45) is -0.843. The Bertz CT molecular complexity index is 173. The van der Waals surface area contributed by atoms with Gasteiger partial charge < -0.3 is 14.6 Å². The number of carbonyl (C=O) groups excluding carboxylic acids is 1. The van der Waals surface area contributed by atoms with Crippen LogP contribution < -0.4 is 0 Å². The molecule has 1 saturated heterocycles. The Morgan fingerprint density at radius 1 is 1.83 bits per heavy atom. The molecule has 1 unspecified atom stereocenters. The monoisotopic (exact) mass is 286 g/mol. The van der Waals surface area contributed by atoms with Crippen molar-refractivity contribution in [3.8, 4) is 0 Å². The molecule has 0 aromatic heterocycles. The Morgan fingerprint density at radius 3 is 2.92 bits per heavy atom. The van der Waals surface area contributed by atoms with E-state index in [0.29, 0.717) is 6.42 Å². The number of hydrogen-bond donors (Lipinski definition) is 1. The summed E-state index contributed by atoms with van der Waals surface area (Å²) in [5.41, 5.74) is 0. The second-order valence-electron chi connectivity index (χ2n) is 2.69. The predicted octanol–water partition coefficient (Wildman–Crippen LogP) is 0.460. The van der Waals surface area contributed by atoms with Crippen LogP contribution in [0.1, 0.15) is 13.3 Å². The fraction of sp³-hybridized carbons (Fsp3) is 0.857. The molecule has 0 radical (unpaired) electrons. The molecule has 3 atom stereocenters. The summed E-state index contributed by atoms with van der Waals surface area (Å²) in [6, 6.07) is 0. The molecule has 1 rings (SSSR count). The van der Waals surface area contributed by atoms with Crippen LogP contribution in [-0.2, 0) is 14.3 Å². The van der Waals surface area contributed by atoms with E-state index in [0.717, 1.165) is 4.43 Å². The van der Waals surface area contributed by atoms with Crippen molar-refractivity contribution in [3.05, 3.63) is 0 Å². The van der Waals surface area contributed by atoms with Crippen LogP contribution in [0.2, 0.25) is 0 Å². The van der Waals surface area contributed by atoms with Crippen LogP contribution in [0, 0.1) is 0 Å². The van der Waals surface area contributed by atoms with E-state index in [9.17, 15) is 9.90 Å². The minimum Gasteiger partial charge on any atom is -0.457 e. The lowest BCUT2D eigenvalue weighted by atomic mass is 10.2. The number of ether oxygens (including phenoxy) is 2. The van der Waals surface area contributed by atoms with Crippen molar-refractivity contribution in [3.63, 3.8) is 0 Å². The summed E-state index contributed by atoms with van der Waals surface area (Å²) < 4.78 is 10.7. The second-order valence-corrected chi connectivity index (χ2v) is 3.57. The van der Waals surface area contributed by atoms with E-state index in [4.69, 9.17) is 9.47 Å².